The molecule has 112 valence electrons. The number of sulfone groups is 1. The van der Waals surface area contributed by atoms with Crippen molar-refractivity contribution in [1.29, 1.82) is 0 Å². The van der Waals surface area contributed by atoms with Crippen molar-refractivity contribution in [2.45, 2.75) is 58.1 Å². The molecule has 19 heavy (non-hydrogen) atoms. The number of hydrogen-bond donors (Lipinski definition) is 1. The Hall–Kier alpha value is -0.620. The molecule has 6 heteroatoms. The highest BCUT2D eigenvalue weighted by Crippen LogP contribution is 2.36. The van der Waals surface area contributed by atoms with Gasteiger partial charge in [-0.3, -0.25) is 4.79 Å². The number of carbonyl (C=O) groups excluding carboxylic acids is 1. The normalized spacial score (nSPS) is 21.9. The molecular weight excluding hydrogens is 266 g/mol. The topological polar surface area (TPSA) is 86.5 Å². The first-order chi connectivity index (χ1) is 8.59. The average molecular weight is 291 g/mol. The first-order valence-corrected chi connectivity index (χ1v) is 8.79. The molecule has 0 aliphatic heterocycles. The van der Waals surface area contributed by atoms with Gasteiger partial charge in [-0.25, -0.2) is 8.42 Å². The molecule has 1 unspecified atom stereocenters. The molecule has 0 aromatic carbocycles. The summed E-state index contributed by atoms with van der Waals surface area (Å²) in [5, 5.41) is 0. The van der Waals surface area contributed by atoms with Gasteiger partial charge in [-0.05, 0) is 37.5 Å². The summed E-state index contributed by atoms with van der Waals surface area (Å²) < 4.78 is 27.4. The van der Waals surface area contributed by atoms with E-state index >= 15 is 0 Å². The van der Waals surface area contributed by atoms with E-state index in [1.165, 1.54) is 0 Å². The first kappa shape index (κ1) is 16.4. The maximum atomic E-state index is 11.7. The largest absolute Gasteiger partial charge is 0.461 e. The molecule has 0 saturated heterocycles. The number of rotatable bonds is 5. The van der Waals surface area contributed by atoms with E-state index in [9.17, 15) is 13.2 Å². The lowest BCUT2D eigenvalue weighted by atomic mass is 9.76. The average Bonchev–Trinajstić information content (AvgIpc) is 2.27. The molecular formula is C13H25NO4S. The summed E-state index contributed by atoms with van der Waals surface area (Å²) >= 11 is 0. The van der Waals surface area contributed by atoms with E-state index in [4.69, 9.17) is 10.5 Å². The van der Waals surface area contributed by atoms with Gasteiger partial charge in [-0.1, -0.05) is 13.8 Å². The maximum Gasteiger partial charge on any atom is 0.323 e. The summed E-state index contributed by atoms with van der Waals surface area (Å²) in [6.45, 7) is 4.42. The minimum atomic E-state index is -3.09. The van der Waals surface area contributed by atoms with Crippen LogP contribution in [0.25, 0.3) is 0 Å². The van der Waals surface area contributed by atoms with E-state index in [0.717, 1.165) is 31.9 Å². The van der Waals surface area contributed by atoms with E-state index in [2.05, 4.69) is 13.8 Å². The van der Waals surface area contributed by atoms with Crippen molar-refractivity contribution >= 4 is 15.8 Å². The minimum absolute atomic E-state index is 0.0650. The molecule has 0 spiro atoms. The monoisotopic (exact) mass is 291 g/mol. The molecule has 1 aliphatic carbocycles. The van der Waals surface area contributed by atoms with Crippen LogP contribution in [0.5, 0.6) is 0 Å². The molecule has 5 nitrogen and oxygen atoms in total. The van der Waals surface area contributed by atoms with Crippen LogP contribution in [0.2, 0.25) is 0 Å². The predicted molar refractivity (Wildman–Crippen MR) is 74.4 cm³/mol. The molecule has 1 aliphatic rings. The Bertz CT molecular complexity index is 406. The zero-order chi connectivity index (χ0) is 14.7. The fraction of sp³-hybridized carbons (Fsp3) is 0.923. The summed E-state index contributed by atoms with van der Waals surface area (Å²) in [4.78, 5) is 11.7. The van der Waals surface area contributed by atoms with E-state index in [1.54, 1.807) is 0 Å². The lowest BCUT2D eigenvalue weighted by Gasteiger charge is -2.34. The van der Waals surface area contributed by atoms with Crippen LogP contribution in [0.3, 0.4) is 0 Å². The molecule has 0 radical (unpaired) electrons. The van der Waals surface area contributed by atoms with Gasteiger partial charge in [0.15, 0.2) is 0 Å². The molecule has 2 N–H and O–H groups in total. The zero-order valence-corrected chi connectivity index (χ0v) is 12.8. The fourth-order valence-electron chi connectivity index (χ4n) is 2.20. The predicted octanol–water partition coefficient (Wildman–Crippen LogP) is 1.26. The van der Waals surface area contributed by atoms with Gasteiger partial charge in [-0.2, -0.15) is 0 Å². The third-order valence-electron chi connectivity index (χ3n) is 3.67. The maximum absolute atomic E-state index is 11.7. The summed E-state index contributed by atoms with van der Waals surface area (Å²) in [6.07, 6.45) is 4.97. The molecule has 0 amide bonds. The number of carbonyl (C=O) groups is 1. The Balaban J connectivity index is 2.35. The van der Waals surface area contributed by atoms with Crippen LogP contribution >= 0.6 is 0 Å². The van der Waals surface area contributed by atoms with Gasteiger partial charge in [-0.15, -0.1) is 0 Å². The van der Waals surface area contributed by atoms with Crippen molar-refractivity contribution in [3.05, 3.63) is 0 Å². The van der Waals surface area contributed by atoms with Gasteiger partial charge < -0.3 is 10.5 Å². The van der Waals surface area contributed by atoms with E-state index in [0.29, 0.717) is 5.41 Å². The Morgan fingerprint density at radius 3 is 2.37 bits per heavy atom. The van der Waals surface area contributed by atoms with Gasteiger partial charge in [0.25, 0.3) is 0 Å². The Labute approximate surface area is 115 Å². The second-order valence-electron chi connectivity index (χ2n) is 6.33. The van der Waals surface area contributed by atoms with Crippen molar-refractivity contribution in [2.24, 2.45) is 11.1 Å². The van der Waals surface area contributed by atoms with E-state index in [-0.39, 0.29) is 18.3 Å². The van der Waals surface area contributed by atoms with Crippen LogP contribution < -0.4 is 5.73 Å². The summed E-state index contributed by atoms with van der Waals surface area (Å²) in [7, 11) is -3.09. The van der Waals surface area contributed by atoms with Crippen molar-refractivity contribution < 1.29 is 17.9 Å². The highest BCUT2D eigenvalue weighted by molar-refractivity contribution is 7.90. The van der Waals surface area contributed by atoms with Crippen LogP contribution in [0.1, 0.15) is 46.0 Å². The van der Waals surface area contributed by atoms with Crippen LogP contribution in [-0.4, -0.2) is 38.5 Å². The van der Waals surface area contributed by atoms with Gasteiger partial charge in [0.05, 0.1) is 5.75 Å². The Kier molecular flexibility index (Phi) is 5.38. The third kappa shape index (κ3) is 6.38. The van der Waals surface area contributed by atoms with Crippen molar-refractivity contribution in [3.8, 4) is 0 Å². The Morgan fingerprint density at radius 2 is 1.89 bits per heavy atom. The zero-order valence-electron chi connectivity index (χ0n) is 12.0. The highest BCUT2D eigenvalue weighted by Gasteiger charge is 2.30. The number of nitrogens with two attached hydrogens (primary N) is 1. The van der Waals surface area contributed by atoms with E-state index < -0.39 is 21.8 Å². The second-order valence-corrected chi connectivity index (χ2v) is 8.59. The van der Waals surface area contributed by atoms with Crippen molar-refractivity contribution in [3.63, 3.8) is 0 Å². The molecule has 0 bridgehead atoms. The molecule has 1 rings (SSSR count). The smallest absolute Gasteiger partial charge is 0.323 e. The third-order valence-corrected chi connectivity index (χ3v) is 4.65. The number of ether oxygens (including phenoxy) is 1. The lowest BCUT2D eigenvalue weighted by Crippen LogP contribution is -2.38. The molecule has 1 fully saturated rings. The Morgan fingerprint density at radius 1 is 1.37 bits per heavy atom. The van der Waals surface area contributed by atoms with Crippen molar-refractivity contribution in [1.82, 2.24) is 0 Å². The summed E-state index contributed by atoms with van der Waals surface area (Å²) in [5.74, 6) is -0.561. The van der Waals surface area contributed by atoms with Gasteiger partial charge >= 0.3 is 5.97 Å². The van der Waals surface area contributed by atoms with Crippen molar-refractivity contribution in [2.75, 3.05) is 12.0 Å². The van der Waals surface area contributed by atoms with E-state index in [1.807, 2.05) is 0 Å². The van der Waals surface area contributed by atoms with Gasteiger partial charge in [0.2, 0.25) is 0 Å². The molecule has 0 aromatic rings. The molecule has 0 aromatic heterocycles. The second kappa shape index (κ2) is 6.22. The van der Waals surface area contributed by atoms with Gasteiger partial charge in [0.1, 0.15) is 22.0 Å². The lowest BCUT2D eigenvalue weighted by molar-refractivity contribution is -0.153. The summed E-state index contributed by atoms with van der Waals surface area (Å²) in [5.41, 5.74) is 5.98. The standard InChI is InChI=1S/C13H25NO4S/c1-13(2)7-4-10(5-8-13)18-12(15)11(14)6-9-19(3,16)17/h10-11H,4-9,14H2,1-3H3. The quantitative estimate of drug-likeness (QED) is 0.771. The molecule has 1 atom stereocenters. The molecule has 1 saturated carbocycles. The van der Waals surface area contributed by atoms with Gasteiger partial charge in [0, 0.05) is 6.26 Å². The highest BCUT2D eigenvalue weighted by atomic mass is 32.2. The molecule has 0 heterocycles. The number of hydrogen-bond acceptors (Lipinski definition) is 5. The van der Waals surface area contributed by atoms with Crippen LogP contribution in [0.15, 0.2) is 0 Å². The number of esters is 1. The van der Waals surface area contributed by atoms with Crippen LogP contribution in [0.4, 0.5) is 0 Å². The van der Waals surface area contributed by atoms with Crippen LogP contribution in [-0.2, 0) is 19.4 Å². The SMILES string of the molecule is CC1(C)CCC(OC(=O)C(N)CCS(C)(=O)=O)CC1. The summed E-state index contributed by atoms with van der Waals surface area (Å²) in [6, 6.07) is -0.843. The first-order valence-electron chi connectivity index (χ1n) is 6.73. The minimum Gasteiger partial charge on any atom is -0.461 e. The van der Waals surface area contributed by atoms with Crippen LogP contribution in [0, 0.1) is 5.41 Å². The fourth-order valence-corrected chi connectivity index (χ4v) is 2.88.